The normalized spacial score (nSPS) is 11.6. The van der Waals surface area contributed by atoms with Crippen LogP contribution in [-0.2, 0) is 0 Å². The van der Waals surface area contributed by atoms with Crippen LogP contribution in [0, 0.1) is 0 Å². The van der Waals surface area contributed by atoms with Gasteiger partial charge in [0.1, 0.15) is 5.52 Å². The van der Waals surface area contributed by atoms with Crippen LogP contribution in [0.1, 0.15) is 11.4 Å². The summed E-state index contributed by atoms with van der Waals surface area (Å²) in [6, 6.07) is 24.8. The zero-order chi connectivity index (χ0) is 20.9. The van der Waals surface area contributed by atoms with Crippen molar-refractivity contribution in [2.75, 3.05) is 0 Å². The third kappa shape index (κ3) is 4.43. The quantitative estimate of drug-likeness (QED) is 0.348. The van der Waals surface area contributed by atoms with Crippen LogP contribution in [-0.4, -0.2) is 27.4 Å². The maximum absolute atomic E-state index is 5.92. The lowest BCUT2D eigenvalue weighted by Crippen LogP contribution is -1.84. The van der Waals surface area contributed by atoms with E-state index in [9.17, 15) is 0 Å². The van der Waals surface area contributed by atoms with E-state index in [4.69, 9.17) is 4.42 Å². The first kappa shape index (κ1) is 18.6. The first-order valence-electron chi connectivity index (χ1n) is 9.75. The number of hydrogen-bond acceptors (Lipinski definition) is 6. The smallest absolute Gasteiger partial charge is 0.227 e. The van der Waals surface area contributed by atoms with Gasteiger partial charge in [-0.15, -0.1) is 0 Å². The Hall–Kier alpha value is -4.45. The third-order valence-electron chi connectivity index (χ3n) is 4.55. The van der Waals surface area contributed by atoms with Crippen molar-refractivity contribution in [2.24, 2.45) is 9.98 Å². The molecule has 0 radical (unpaired) electrons. The maximum Gasteiger partial charge on any atom is 0.227 e. The molecule has 0 aliphatic carbocycles. The minimum atomic E-state index is 0.557. The molecule has 3 heterocycles. The van der Waals surface area contributed by atoms with E-state index in [1.54, 1.807) is 24.8 Å². The minimum Gasteiger partial charge on any atom is -0.436 e. The lowest BCUT2D eigenvalue weighted by molar-refractivity contribution is 0.620. The second kappa shape index (κ2) is 8.51. The number of rotatable bonds is 5. The van der Waals surface area contributed by atoms with E-state index in [0.29, 0.717) is 11.5 Å². The van der Waals surface area contributed by atoms with Crippen LogP contribution >= 0.6 is 0 Å². The van der Waals surface area contributed by atoms with Crippen LogP contribution in [0.4, 0.5) is 11.4 Å². The van der Waals surface area contributed by atoms with Gasteiger partial charge in [0.05, 0.1) is 35.2 Å². The molecule has 0 aliphatic rings. The summed E-state index contributed by atoms with van der Waals surface area (Å²) in [4.78, 5) is 22.0. The average Bonchev–Trinajstić information content (AvgIpc) is 3.26. The van der Waals surface area contributed by atoms with Crippen molar-refractivity contribution in [1.82, 2.24) is 15.0 Å². The predicted octanol–water partition coefficient (Wildman–Crippen LogP) is 5.79. The van der Waals surface area contributed by atoms with Gasteiger partial charge in [0.2, 0.25) is 5.89 Å². The van der Waals surface area contributed by atoms with Crippen molar-refractivity contribution < 1.29 is 4.42 Å². The molecule has 0 spiro atoms. The van der Waals surface area contributed by atoms with Crippen LogP contribution in [0.5, 0.6) is 0 Å². The van der Waals surface area contributed by atoms with Crippen LogP contribution in [0.15, 0.2) is 106 Å². The minimum absolute atomic E-state index is 0.557. The number of aliphatic imine (C=N–C) groups is 2. The Morgan fingerprint density at radius 2 is 1.32 bits per heavy atom. The second-order valence-corrected chi connectivity index (χ2v) is 6.74. The Labute approximate surface area is 178 Å². The summed E-state index contributed by atoms with van der Waals surface area (Å²) in [6.45, 7) is 0. The maximum atomic E-state index is 5.92. The monoisotopic (exact) mass is 403 g/mol. The van der Waals surface area contributed by atoms with Gasteiger partial charge in [-0.3, -0.25) is 20.0 Å². The molecular weight excluding hydrogens is 386 g/mol. The highest BCUT2D eigenvalue weighted by molar-refractivity contribution is 5.84. The SMILES string of the molecule is C(=Nc1ccc(-c2nc3cc(N=Cc4ccccn4)ccc3o2)cc1)c1ccccn1. The van der Waals surface area contributed by atoms with Crippen molar-refractivity contribution in [2.45, 2.75) is 0 Å². The summed E-state index contributed by atoms with van der Waals surface area (Å²) >= 11 is 0. The predicted molar refractivity (Wildman–Crippen MR) is 122 cm³/mol. The van der Waals surface area contributed by atoms with Crippen LogP contribution < -0.4 is 0 Å². The molecule has 31 heavy (non-hydrogen) atoms. The number of oxazole rings is 1. The van der Waals surface area contributed by atoms with E-state index in [1.807, 2.05) is 78.9 Å². The fourth-order valence-electron chi connectivity index (χ4n) is 3.00. The summed E-state index contributed by atoms with van der Waals surface area (Å²) in [5.74, 6) is 0.557. The Bertz CT molecular complexity index is 1360. The molecule has 5 aromatic rings. The summed E-state index contributed by atoms with van der Waals surface area (Å²) in [5, 5.41) is 0. The van der Waals surface area contributed by atoms with E-state index >= 15 is 0 Å². The molecule has 0 N–H and O–H groups in total. The van der Waals surface area contributed by atoms with E-state index in [-0.39, 0.29) is 0 Å². The lowest BCUT2D eigenvalue weighted by atomic mass is 10.2. The van der Waals surface area contributed by atoms with Crippen molar-refractivity contribution in [3.63, 3.8) is 0 Å². The molecular formula is C25H17N5O. The topological polar surface area (TPSA) is 76.5 Å². The summed E-state index contributed by atoms with van der Waals surface area (Å²) in [6.07, 6.45) is 6.95. The molecule has 0 aliphatic heterocycles. The molecule has 3 aromatic heterocycles. The third-order valence-corrected chi connectivity index (χ3v) is 4.55. The molecule has 2 aromatic carbocycles. The molecule has 6 heteroatoms. The fourth-order valence-corrected chi connectivity index (χ4v) is 3.00. The molecule has 0 amide bonds. The number of hydrogen-bond donors (Lipinski definition) is 0. The van der Waals surface area contributed by atoms with Gasteiger partial charge in [0.15, 0.2) is 5.58 Å². The zero-order valence-corrected chi connectivity index (χ0v) is 16.5. The molecule has 5 rings (SSSR count). The highest BCUT2D eigenvalue weighted by Crippen LogP contribution is 2.28. The van der Waals surface area contributed by atoms with Gasteiger partial charge in [0, 0.05) is 18.0 Å². The first-order valence-corrected chi connectivity index (χ1v) is 9.75. The molecule has 0 saturated carbocycles. The average molecular weight is 403 g/mol. The number of pyridine rings is 2. The Balaban J connectivity index is 1.35. The van der Waals surface area contributed by atoms with E-state index in [0.717, 1.165) is 33.8 Å². The number of nitrogens with zero attached hydrogens (tertiary/aromatic N) is 5. The summed E-state index contributed by atoms with van der Waals surface area (Å²) in [5.41, 5.74) is 5.58. The van der Waals surface area contributed by atoms with Gasteiger partial charge in [-0.25, -0.2) is 4.98 Å². The van der Waals surface area contributed by atoms with Crippen molar-refractivity contribution in [3.8, 4) is 11.5 Å². The molecule has 6 nitrogen and oxygen atoms in total. The van der Waals surface area contributed by atoms with Crippen molar-refractivity contribution >= 4 is 34.9 Å². The zero-order valence-electron chi connectivity index (χ0n) is 16.5. The molecule has 0 saturated heterocycles. The lowest BCUT2D eigenvalue weighted by Gasteiger charge is -1.97. The number of aromatic nitrogens is 3. The first-order chi connectivity index (χ1) is 15.3. The van der Waals surface area contributed by atoms with Gasteiger partial charge in [-0.2, -0.15) is 0 Å². The highest BCUT2D eigenvalue weighted by atomic mass is 16.3. The van der Waals surface area contributed by atoms with E-state index < -0.39 is 0 Å². The van der Waals surface area contributed by atoms with Crippen LogP contribution in [0.3, 0.4) is 0 Å². The Morgan fingerprint density at radius 3 is 1.97 bits per heavy atom. The molecule has 148 valence electrons. The van der Waals surface area contributed by atoms with Gasteiger partial charge in [0.25, 0.3) is 0 Å². The molecule has 0 atom stereocenters. The summed E-state index contributed by atoms with van der Waals surface area (Å²) < 4.78 is 5.92. The molecule has 0 fully saturated rings. The van der Waals surface area contributed by atoms with Gasteiger partial charge >= 0.3 is 0 Å². The van der Waals surface area contributed by atoms with Crippen LogP contribution in [0.25, 0.3) is 22.6 Å². The fraction of sp³-hybridized carbons (Fsp3) is 0. The highest BCUT2D eigenvalue weighted by Gasteiger charge is 2.08. The second-order valence-electron chi connectivity index (χ2n) is 6.74. The van der Waals surface area contributed by atoms with Gasteiger partial charge in [-0.1, -0.05) is 12.1 Å². The molecule has 0 bridgehead atoms. The van der Waals surface area contributed by atoms with Gasteiger partial charge in [-0.05, 0) is 66.7 Å². The number of benzene rings is 2. The van der Waals surface area contributed by atoms with E-state index in [1.165, 1.54) is 0 Å². The molecule has 0 unspecified atom stereocenters. The van der Waals surface area contributed by atoms with Gasteiger partial charge < -0.3 is 4.42 Å². The summed E-state index contributed by atoms with van der Waals surface area (Å²) in [7, 11) is 0. The Kier molecular flexibility index (Phi) is 5.10. The number of fused-ring (bicyclic) bond motifs is 1. The van der Waals surface area contributed by atoms with Crippen LogP contribution in [0.2, 0.25) is 0 Å². The largest absolute Gasteiger partial charge is 0.436 e. The standard InChI is InChI=1S/C25H17N5O/c1-3-13-26-21(5-1)16-28-19-9-7-18(8-10-19)25-30-23-15-20(11-12-24(23)31-25)29-17-22-6-2-4-14-27-22/h1-17H. The van der Waals surface area contributed by atoms with Crippen molar-refractivity contribution in [3.05, 3.63) is 103 Å². The van der Waals surface area contributed by atoms with Crippen molar-refractivity contribution in [1.29, 1.82) is 0 Å². The van der Waals surface area contributed by atoms with E-state index in [2.05, 4.69) is 24.9 Å². The Morgan fingerprint density at radius 1 is 0.677 bits per heavy atom.